The van der Waals surface area contributed by atoms with Crippen LogP contribution in [0.25, 0.3) is 0 Å². The predicted molar refractivity (Wildman–Crippen MR) is 93.3 cm³/mol. The van der Waals surface area contributed by atoms with Gasteiger partial charge in [0, 0.05) is 23.4 Å². The van der Waals surface area contributed by atoms with Crippen molar-refractivity contribution in [3.63, 3.8) is 0 Å². The molecule has 1 aromatic carbocycles. The summed E-state index contributed by atoms with van der Waals surface area (Å²) >= 11 is 2.07. The zero-order chi connectivity index (χ0) is 15.5. The lowest BCUT2D eigenvalue weighted by atomic mass is 9.87. The number of nitrogens with one attached hydrogen (secondary N) is 1. The Morgan fingerprint density at radius 1 is 1.24 bits per heavy atom. The predicted octanol–water partition coefficient (Wildman–Crippen LogP) is 4.66. The molecular weight excluding hydrogens is 278 g/mol. The normalized spacial score (nSPS) is 23.0. The summed E-state index contributed by atoms with van der Waals surface area (Å²) in [7, 11) is 0. The number of thioether (sulfide) groups is 1. The standard InChI is InChI=1S/C18H29NOS/c1-13(2)20-17-9-7-6-8-16(17)14(3)19-15-10-18(4,5)12-21-11-15/h6-9,13-15,19H,10-12H2,1-5H3. The Bertz CT molecular complexity index is 458. The van der Waals surface area contributed by atoms with Crippen molar-refractivity contribution >= 4 is 11.8 Å². The van der Waals surface area contributed by atoms with Crippen LogP contribution in [0, 0.1) is 5.41 Å². The molecule has 1 N–H and O–H groups in total. The van der Waals surface area contributed by atoms with Gasteiger partial charge in [-0.2, -0.15) is 11.8 Å². The minimum Gasteiger partial charge on any atom is -0.491 e. The van der Waals surface area contributed by atoms with Crippen LogP contribution in [0.2, 0.25) is 0 Å². The molecule has 2 unspecified atom stereocenters. The Morgan fingerprint density at radius 2 is 1.95 bits per heavy atom. The molecule has 1 aliphatic heterocycles. The van der Waals surface area contributed by atoms with E-state index in [-0.39, 0.29) is 6.10 Å². The third-order valence-corrected chi connectivity index (χ3v) is 5.47. The molecule has 2 nitrogen and oxygen atoms in total. The third-order valence-electron chi connectivity index (χ3n) is 3.84. The van der Waals surface area contributed by atoms with Gasteiger partial charge < -0.3 is 10.1 Å². The Kier molecular flexibility index (Phi) is 5.61. The van der Waals surface area contributed by atoms with Crippen LogP contribution in [-0.4, -0.2) is 23.7 Å². The van der Waals surface area contributed by atoms with Gasteiger partial charge in [0.1, 0.15) is 5.75 Å². The van der Waals surface area contributed by atoms with E-state index in [9.17, 15) is 0 Å². The first-order chi connectivity index (χ1) is 9.87. The van der Waals surface area contributed by atoms with Crippen LogP contribution in [0.4, 0.5) is 0 Å². The maximum absolute atomic E-state index is 5.95. The second-order valence-electron chi connectivity index (χ2n) is 7.17. The van der Waals surface area contributed by atoms with E-state index in [1.54, 1.807) is 0 Å². The quantitative estimate of drug-likeness (QED) is 0.855. The van der Waals surface area contributed by atoms with Crippen molar-refractivity contribution in [1.29, 1.82) is 0 Å². The van der Waals surface area contributed by atoms with Crippen LogP contribution < -0.4 is 10.1 Å². The van der Waals surface area contributed by atoms with Crippen LogP contribution in [0.5, 0.6) is 5.75 Å². The molecule has 0 amide bonds. The van der Waals surface area contributed by atoms with E-state index in [0.29, 0.717) is 17.5 Å². The lowest BCUT2D eigenvalue weighted by Gasteiger charge is -2.36. The van der Waals surface area contributed by atoms with Crippen molar-refractivity contribution in [1.82, 2.24) is 5.32 Å². The van der Waals surface area contributed by atoms with Crippen LogP contribution in [-0.2, 0) is 0 Å². The maximum atomic E-state index is 5.95. The highest BCUT2D eigenvalue weighted by molar-refractivity contribution is 7.99. The summed E-state index contributed by atoms with van der Waals surface area (Å²) in [5.41, 5.74) is 1.70. The van der Waals surface area contributed by atoms with Gasteiger partial charge >= 0.3 is 0 Å². The van der Waals surface area contributed by atoms with Crippen molar-refractivity contribution < 1.29 is 4.74 Å². The lowest BCUT2D eigenvalue weighted by Crippen LogP contribution is -2.41. The van der Waals surface area contributed by atoms with Gasteiger partial charge in [0.15, 0.2) is 0 Å². The van der Waals surface area contributed by atoms with E-state index in [1.165, 1.54) is 23.5 Å². The van der Waals surface area contributed by atoms with Crippen molar-refractivity contribution in [3.05, 3.63) is 29.8 Å². The maximum Gasteiger partial charge on any atom is 0.124 e. The van der Waals surface area contributed by atoms with Crippen molar-refractivity contribution in [2.75, 3.05) is 11.5 Å². The Balaban J connectivity index is 2.04. The summed E-state index contributed by atoms with van der Waals surface area (Å²) < 4.78 is 5.95. The summed E-state index contributed by atoms with van der Waals surface area (Å²) in [4.78, 5) is 0. The Labute approximate surface area is 134 Å². The highest BCUT2D eigenvalue weighted by Gasteiger charge is 2.29. The Hall–Kier alpha value is -0.670. The molecule has 1 fully saturated rings. The van der Waals surface area contributed by atoms with Crippen LogP contribution in [0.15, 0.2) is 24.3 Å². The molecule has 1 saturated heterocycles. The molecule has 2 atom stereocenters. The van der Waals surface area contributed by atoms with E-state index >= 15 is 0 Å². The highest BCUT2D eigenvalue weighted by atomic mass is 32.2. The van der Waals surface area contributed by atoms with Crippen LogP contribution >= 0.6 is 11.8 Å². The molecule has 21 heavy (non-hydrogen) atoms. The zero-order valence-electron chi connectivity index (χ0n) is 14.0. The SMILES string of the molecule is CC(C)Oc1ccccc1C(C)NC1CSCC(C)(C)C1. The van der Waals surface area contributed by atoms with E-state index in [0.717, 1.165) is 5.75 Å². The smallest absolute Gasteiger partial charge is 0.124 e. The summed E-state index contributed by atoms with van der Waals surface area (Å²) in [5, 5.41) is 3.80. The Morgan fingerprint density at radius 3 is 2.62 bits per heavy atom. The molecule has 0 bridgehead atoms. The number of rotatable bonds is 5. The molecule has 0 radical (unpaired) electrons. The molecule has 0 aliphatic carbocycles. The monoisotopic (exact) mass is 307 g/mol. The van der Waals surface area contributed by atoms with Gasteiger partial charge in [0.2, 0.25) is 0 Å². The van der Waals surface area contributed by atoms with E-state index < -0.39 is 0 Å². The molecule has 0 saturated carbocycles. The third kappa shape index (κ3) is 4.93. The highest BCUT2D eigenvalue weighted by Crippen LogP contribution is 2.35. The van der Waals surface area contributed by atoms with E-state index in [2.05, 4.69) is 69.9 Å². The van der Waals surface area contributed by atoms with Crippen molar-refractivity contribution in [2.45, 2.75) is 59.2 Å². The lowest BCUT2D eigenvalue weighted by molar-refractivity contribution is 0.236. The number of ether oxygens (including phenoxy) is 1. The van der Waals surface area contributed by atoms with E-state index in [1.807, 2.05) is 6.07 Å². The van der Waals surface area contributed by atoms with E-state index in [4.69, 9.17) is 4.74 Å². The van der Waals surface area contributed by atoms with Crippen molar-refractivity contribution in [3.8, 4) is 5.75 Å². The van der Waals surface area contributed by atoms with Gasteiger partial charge in [0.05, 0.1) is 6.10 Å². The minimum absolute atomic E-state index is 0.211. The van der Waals surface area contributed by atoms with Gasteiger partial charge in [-0.05, 0) is 44.4 Å². The molecular formula is C18H29NOS. The average Bonchev–Trinajstić information content (AvgIpc) is 2.37. The van der Waals surface area contributed by atoms with Gasteiger partial charge in [-0.15, -0.1) is 0 Å². The van der Waals surface area contributed by atoms with Gasteiger partial charge in [-0.3, -0.25) is 0 Å². The minimum atomic E-state index is 0.211. The van der Waals surface area contributed by atoms with Crippen LogP contribution in [0.1, 0.15) is 52.6 Å². The molecule has 0 spiro atoms. The number of hydrogen-bond acceptors (Lipinski definition) is 3. The molecule has 118 valence electrons. The summed E-state index contributed by atoms with van der Waals surface area (Å²) in [6.07, 6.45) is 1.46. The molecule has 3 heteroatoms. The number of para-hydroxylation sites is 1. The fraction of sp³-hybridized carbons (Fsp3) is 0.667. The number of benzene rings is 1. The van der Waals surface area contributed by atoms with Crippen LogP contribution in [0.3, 0.4) is 0 Å². The molecule has 1 aromatic rings. The first-order valence-electron chi connectivity index (χ1n) is 7.97. The van der Waals surface area contributed by atoms with Gasteiger partial charge in [-0.25, -0.2) is 0 Å². The fourth-order valence-corrected chi connectivity index (χ4v) is 4.30. The molecule has 1 aliphatic rings. The summed E-state index contributed by atoms with van der Waals surface area (Å²) in [6.45, 7) is 11.1. The summed E-state index contributed by atoms with van der Waals surface area (Å²) in [5.74, 6) is 3.49. The zero-order valence-corrected chi connectivity index (χ0v) is 14.8. The molecule has 0 aromatic heterocycles. The second-order valence-corrected chi connectivity index (χ2v) is 8.20. The van der Waals surface area contributed by atoms with Gasteiger partial charge in [-0.1, -0.05) is 32.0 Å². The van der Waals surface area contributed by atoms with Crippen molar-refractivity contribution in [2.24, 2.45) is 5.41 Å². The first-order valence-corrected chi connectivity index (χ1v) is 9.12. The average molecular weight is 308 g/mol. The summed E-state index contributed by atoms with van der Waals surface area (Å²) in [6, 6.07) is 9.30. The topological polar surface area (TPSA) is 21.3 Å². The molecule has 1 heterocycles. The van der Waals surface area contributed by atoms with Gasteiger partial charge in [0.25, 0.3) is 0 Å². The molecule has 2 rings (SSSR count). The second kappa shape index (κ2) is 7.06. The first kappa shape index (κ1) is 16.7. The number of hydrogen-bond donors (Lipinski definition) is 1. The fourth-order valence-electron chi connectivity index (χ4n) is 3.01. The largest absolute Gasteiger partial charge is 0.491 e.